The molecule has 0 saturated carbocycles. The van der Waals surface area contributed by atoms with E-state index in [9.17, 15) is 0 Å². The molecule has 132 valence electrons. The normalized spacial score (nSPS) is 11.5. The fourth-order valence-corrected chi connectivity index (χ4v) is 2.85. The van der Waals surface area contributed by atoms with Crippen LogP contribution in [0.25, 0.3) is 0 Å². The minimum atomic E-state index is 0.128. The van der Waals surface area contributed by atoms with E-state index >= 15 is 0 Å². The van der Waals surface area contributed by atoms with Crippen molar-refractivity contribution < 1.29 is 4.74 Å². The van der Waals surface area contributed by atoms with E-state index in [-0.39, 0.29) is 6.04 Å². The minimum Gasteiger partial charge on any atom is -0.457 e. The predicted octanol–water partition coefficient (Wildman–Crippen LogP) is 6.18. The van der Waals surface area contributed by atoms with Crippen molar-refractivity contribution in [2.45, 2.75) is 13.0 Å². The summed E-state index contributed by atoms with van der Waals surface area (Å²) < 4.78 is 5.78. The maximum atomic E-state index is 5.88. The molecule has 0 radical (unpaired) electrons. The van der Waals surface area contributed by atoms with Crippen molar-refractivity contribution in [3.8, 4) is 11.5 Å². The summed E-state index contributed by atoms with van der Waals surface area (Å²) >= 11 is 11.3. The summed E-state index contributed by atoms with van der Waals surface area (Å²) in [5.41, 5.74) is 2.08. The van der Waals surface area contributed by atoms with E-state index in [0.717, 1.165) is 17.2 Å². The lowest BCUT2D eigenvalue weighted by atomic mass is 10.1. The molecule has 3 nitrogen and oxygen atoms in total. The SMILES string of the molecule is C[C@@H](NC(=S)Nc1ccc(Oc2ccc(Cl)cc2)cc1)c1ccccc1. The average molecular weight is 383 g/mol. The van der Waals surface area contributed by atoms with Crippen LogP contribution in [0.2, 0.25) is 5.02 Å². The average Bonchev–Trinajstić information content (AvgIpc) is 2.66. The highest BCUT2D eigenvalue weighted by Crippen LogP contribution is 2.24. The molecular weight excluding hydrogens is 364 g/mol. The number of halogens is 1. The standard InChI is InChI=1S/C21H19ClN2OS/c1-15(16-5-3-2-4-6-16)23-21(26)24-18-9-13-20(14-10-18)25-19-11-7-17(22)8-12-19/h2-15H,1H3,(H2,23,24,26)/t15-/m1/s1. The maximum Gasteiger partial charge on any atom is 0.171 e. The second kappa shape index (κ2) is 8.70. The van der Waals surface area contributed by atoms with Crippen LogP contribution in [0, 0.1) is 0 Å². The van der Waals surface area contributed by atoms with Gasteiger partial charge in [-0.3, -0.25) is 0 Å². The lowest BCUT2D eigenvalue weighted by Gasteiger charge is -2.17. The van der Waals surface area contributed by atoms with E-state index in [1.54, 1.807) is 12.1 Å². The largest absolute Gasteiger partial charge is 0.457 e. The molecule has 0 saturated heterocycles. The molecule has 3 aromatic carbocycles. The van der Waals surface area contributed by atoms with Crippen LogP contribution in [-0.2, 0) is 0 Å². The number of anilines is 1. The van der Waals surface area contributed by atoms with Gasteiger partial charge in [0.2, 0.25) is 0 Å². The minimum absolute atomic E-state index is 0.128. The van der Waals surface area contributed by atoms with E-state index in [0.29, 0.717) is 10.1 Å². The topological polar surface area (TPSA) is 33.3 Å². The van der Waals surface area contributed by atoms with Crippen LogP contribution in [0.3, 0.4) is 0 Å². The smallest absolute Gasteiger partial charge is 0.171 e. The Kier molecular flexibility index (Phi) is 6.10. The second-order valence-electron chi connectivity index (χ2n) is 5.81. The van der Waals surface area contributed by atoms with Crippen LogP contribution in [-0.4, -0.2) is 5.11 Å². The molecule has 0 spiro atoms. The van der Waals surface area contributed by atoms with Gasteiger partial charge in [0.15, 0.2) is 5.11 Å². The third-order valence-corrected chi connectivity index (χ3v) is 4.28. The van der Waals surface area contributed by atoms with Gasteiger partial charge in [0.25, 0.3) is 0 Å². The molecule has 0 aliphatic rings. The summed E-state index contributed by atoms with van der Waals surface area (Å²) in [6.07, 6.45) is 0. The summed E-state index contributed by atoms with van der Waals surface area (Å²) in [6, 6.07) is 25.2. The van der Waals surface area contributed by atoms with Crippen molar-refractivity contribution in [2.24, 2.45) is 0 Å². The molecule has 0 aliphatic heterocycles. The third-order valence-electron chi connectivity index (χ3n) is 3.81. The van der Waals surface area contributed by atoms with Gasteiger partial charge >= 0.3 is 0 Å². The first kappa shape index (κ1) is 18.2. The Hall–Kier alpha value is -2.56. The molecule has 2 N–H and O–H groups in total. The molecule has 0 heterocycles. The van der Waals surface area contributed by atoms with Gasteiger partial charge in [-0.15, -0.1) is 0 Å². The van der Waals surface area contributed by atoms with E-state index in [1.807, 2.05) is 54.6 Å². The van der Waals surface area contributed by atoms with Gasteiger partial charge in [0, 0.05) is 10.7 Å². The number of benzene rings is 3. The lowest BCUT2D eigenvalue weighted by Crippen LogP contribution is -2.30. The summed E-state index contributed by atoms with van der Waals surface area (Å²) in [4.78, 5) is 0. The van der Waals surface area contributed by atoms with Crippen LogP contribution in [0.5, 0.6) is 11.5 Å². The summed E-state index contributed by atoms with van der Waals surface area (Å²) in [7, 11) is 0. The zero-order valence-electron chi connectivity index (χ0n) is 14.3. The number of thiocarbonyl (C=S) groups is 1. The number of nitrogens with one attached hydrogen (secondary N) is 2. The predicted molar refractivity (Wildman–Crippen MR) is 112 cm³/mol. The van der Waals surface area contributed by atoms with Gasteiger partial charge in [0.1, 0.15) is 11.5 Å². The van der Waals surface area contributed by atoms with Crippen LogP contribution < -0.4 is 15.4 Å². The first-order valence-electron chi connectivity index (χ1n) is 8.26. The Morgan fingerprint density at radius 3 is 2.08 bits per heavy atom. The maximum absolute atomic E-state index is 5.88. The molecule has 0 fully saturated rings. The first-order chi connectivity index (χ1) is 12.6. The van der Waals surface area contributed by atoms with Gasteiger partial charge in [0.05, 0.1) is 6.04 Å². The highest BCUT2D eigenvalue weighted by molar-refractivity contribution is 7.80. The molecule has 0 bridgehead atoms. The van der Waals surface area contributed by atoms with Crippen molar-refractivity contribution in [2.75, 3.05) is 5.32 Å². The quantitative estimate of drug-likeness (QED) is 0.516. The molecular formula is C21H19ClN2OS. The zero-order chi connectivity index (χ0) is 18.4. The fourth-order valence-electron chi connectivity index (χ4n) is 2.43. The molecule has 0 aromatic heterocycles. The molecule has 26 heavy (non-hydrogen) atoms. The van der Waals surface area contributed by atoms with Gasteiger partial charge in [-0.2, -0.15) is 0 Å². The molecule has 3 rings (SSSR count). The summed E-state index contributed by atoms with van der Waals surface area (Å²) in [5.74, 6) is 1.48. The Morgan fingerprint density at radius 1 is 0.885 bits per heavy atom. The zero-order valence-corrected chi connectivity index (χ0v) is 15.8. The number of ether oxygens (including phenoxy) is 1. The van der Waals surface area contributed by atoms with Crippen molar-refractivity contribution in [3.05, 3.63) is 89.4 Å². The molecule has 1 atom stereocenters. The van der Waals surface area contributed by atoms with E-state index in [4.69, 9.17) is 28.6 Å². The molecule has 0 amide bonds. The van der Waals surface area contributed by atoms with Gasteiger partial charge in [-0.1, -0.05) is 41.9 Å². The molecule has 5 heteroatoms. The number of hydrogen-bond acceptors (Lipinski definition) is 2. The first-order valence-corrected chi connectivity index (χ1v) is 9.05. The summed E-state index contributed by atoms with van der Waals surface area (Å²) in [5, 5.41) is 7.73. The number of rotatable bonds is 5. The fraction of sp³-hybridized carbons (Fsp3) is 0.0952. The van der Waals surface area contributed by atoms with Gasteiger partial charge in [-0.25, -0.2) is 0 Å². The molecule has 0 unspecified atom stereocenters. The Bertz CT molecular complexity index is 851. The Labute approximate surface area is 164 Å². The Morgan fingerprint density at radius 2 is 1.46 bits per heavy atom. The van der Waals surface area contributed by atoms with E-state index < -0.39 is 0 Å². The van der Waals surface area contributed by atoms with Crippen molar-refractivity contribution in [3.63, 3.8) is 0 Å². The van der Waals surface area contributed by atoms with Crippen LogP contribution in [0.4, 0.5) is 5.69 Å². The monoisotopic (exact) mass is 382 g/mol. The summed E-state index contributed by atoms with van der Waals surface area (Å²) in [6.45, 7) is 2.08. The van der Waals surface area contributed by atoms with Crippen LogP contribution in [0.1, 0.15) is 18.5 Å². The van der Waals surface area contributed by atoms with Crippen molar-refractivity contribution in [1.29, 1.82) is 0 Å². The van der Waals surface area contributed by atoms with Crippen molar-refractivity contribution in [1.82, 2.24) is 5.32 Å². The lowest BCUT2D eigenvalue weighted by molar-refractivity contribution is 0.483. The highest BCUT2D eigenvalue weighted by Gasteiger charge is 2.06. The number of hydrogen-bond donors (Lipinski definition) is 2. The Balaban J connectivity index is 1.55. The van der Waals surface area contributed by atoms with Crippen molar-refractivity contribution >= 4 is 34.6 Å². The van der Waals surface area contributed by atoms with Crippen LogP contribution >= 0.6 is 23.8 Å². The van der Waals surface area contributed by atoms with Gasteiger partial charge < -0.3 is 15.4 Å². The van der Waals surface area contributed by atoms with E-state index in [2.05, 4.69) is 29.7 Å². The van der Waals surface area contributed by atoms with Crippen LogP contribution in [0.15, 0.2) is 78.9 Å². The molecule has 0 aliphatic carbocycles. The second-order valence-corrected chi connectivity index (χ2v) is 6.66. The third kappa shape index (κ3) is 5.22. The van der Waals surface area contributed by atoms with Gasteiger partial charge in [-0.05, 0) is 73.2 Å². The van der Waals surface area contributed by atoms with E-state index in [1.165, 1.54) is 5.56 Å². The highest BCUT2D eigenvalue weighted by atomic mass is 35.5. The molecule has 3 aromatic rings.